The van der Waals surface area contributed by atoms with Crippen LogP contribution in [0, 0.1) is 11.3 Å². The number of hydrogen-bond donors (Lipinski definition) is 1. The first-order valence-electron chi connectivity index (χ1n) is 2.95. The summed E-state index contributed by atoms with van der Waals surface area (Å²) in [6.45, 7) is 0. The van der Waals surface area contributed by atoms with Crippen molar-refractivity contribution in [2.75, 3.05) is 0 Å². The Hall–Kier alpha value is -1.27. The summed E-state index contributed by atoms with van der Waals surface area (Å²) < 4.78 is 0. The minimum absolute atomic E-state index is 0.331. The fraction of sp³-hybridized carbons (Fsp3) is 0.143. The molecule has 0 unspecified atom stereocenters. The first-order chi connectivity index (χ1) is 5.27. The molecule has 0 aromatic carbocycles. The molecule has 0 heterocycles. The minimum Gasteiger partial charge on any atom is -0.411 e. The highest BCUT2D eigenvalue weighted by molar-refractivity contribution is 6.32. The fourth-order valence-electron chi connectivity index (χ4n) is 0.750. The van der Waals surface area contributed by atoms with E-state index in [9.17, 15) is 0 Å². The van der Waals surface area contributed by atoms with Crippen LogP contribution in [0.25, 0.3) is 0 Å². The Morgan fingerprint density at radius 3 is 2.82 bits per heavy atom. The molecular weight excluding hydrogens is 164 g/mol. The maximum atomic E-state index is 8.47. The van der Waals surface area contributed by atoms with E-state index in [1.165, 1.54) is 6.08 Å². The van der Waals surface area contributed by atoms with Gasteiger partial charge in [0.2, 0.25) is 0 Å². The molecule has 11 heavy (non-hydrogen) atoms. The second-order valence-electron chi connectivity index (χ2n) is 2.03. The normalized spacial score (nSPS) is 20.5. The highest BCUT2D eigenvalue weighted by Crippen LogP contribution is 2.19. The SMILES string of the molecule is N#CC1=C(Cl)CC(=NO)C=C1. The third-order valence-electron chi connectivity index (χ3n) is 1.32. The summed E-state index contributed by atoms with van der Waals surface area (Å²) in [7, 11) is 0. The van der Waals surface area contributed by atoms with Crippen LogP contribution in [0.1, 0.15) is 6.42 Å². The van der Waals surface area contributed by atoms with E-state index in [0.717, 1.165) is 0 Å². The van der Waals surface area contributed by atoms with Crippen molar-refractivity contribution < 1.29 is 5.21 Å². The van der Waals surface area contributed by atoms with Crippen LogP contribution in [0.5, 0.6) is 0 Å². The summed E-state index contributed by atoms with van der Waals surface area (Å²) in [5.41, 5.74) is 0.896. The predicted molar refractivity (Wildman–Crippen MR) is 41.5 cm³/mol. The van der Waals surface area contributed by atoms with E-state index in [-0.39, 0.29) is 0 Å². The molecule has 0 aromatic heterocycles. The molecule has 0 saturated heterocycles. The highest BCUT2D eigenvalue weighted by atomic mass is 35.5. The van der Waals surface area contributed by atoms with Crippen LogP contribution in [0.4, 0.5) is 0 Å². The summed E-state index contributed by atoms with van der Waals surface area (Å²) in [6, 6.07) is 1.92. The molecule has 0 radical (unpaired) electrons. The van der Waals surface area contributed by atoms with Crippen LogP contribution in [-0.2, 0) is 0 Å². The molecular formula is C7H5ClN2O. The summed E-state index contributed by atoms with van der Waals surface area (Å²) in [6.07, 6.45) is 3.42. The predicted octanol–water partition coefficient (Wildman–Crippen LogP) is 1.79. The van der Waals surface area contributed by atoms with Crippen molar-refractivity contribution in [3.8, 4) is 6.07 Å². The lowest BCUT2D eigenvalue weighted by molar-refractivity contribution is 0.318. The number of hydrogen-bond acceptors (Lipinski definition) is 3. The van der Waals surface area contributed by atoms with Gasteiger partial charge in [0, 0.05) is 11.5 Å². The third kappa shape index (κ3) is 1.60. The van der Waals surface area contributed by atoms with Gasteiger partial charge in [0.25, 0.3) is 0 Å². The van der Waals surface area contributed by atoms with Gasteiger partial charge in [0.1, 0.15) is 6.07 Å². The number of halogens is 1. The van der Waals surface area contributed by atoms with Crippen LogP contribution >= 0.6 is 11.6 Å². The standard InChI is InChI=1S/C7H5ClN2O/c8-7-3-6(10-11)2-1-5(7)4-9/h1-2,11H,3H2. The molecule has 0 atom stereocenters. The van der Waals surface area contributed by atoms with Gasteiger partial charge in [-0.3, -0.25) is 0 Å². The summed E-state index contributed by atoms with van der Waals surface area (Å²) in [5.74, 6) is 0. The quantitative estimate of drug-likeness (QED) is 0.443. The highest BCUT2D eigenvalue weighted by Gasteiger charge is 2.09. The fourth-order valence-corrected chi connectivity index (χ4v) is 0.992. The monoisotopic (exact) mass is 168 g/mol. The van der Waals surface area contributed by atoms with Crippen LogP contribution in [-0.4, -0.2) is 10.9 Å². The van der Waals surface area contributed by atoms with Crippen molar-refractivity contribution in [2.24, 2.45) is 5.16 Å². The van der Waals surface area contributed by atoms with Gasteiger partial charge in [-0.15, -0.1) is 0 Å². The van der Waals surface area contributed by atoms with Crippen molar-refractivity contribution in [3.63, 3.8) is 0 Å². The number of nitrogens with zero attached hydrogens (tertiary/aromatic N) is 2. The van der Waals surface area contributed by atoms with Crippen molar-refractivity contribution in [3.05, 3.63) is 22.8 Å². The van der Waals surface area contributed by atoms with E-state index in [1.54, 1.807) is 6.08 Å². The topological polar surface area (TPSA) is 56.4 Å². The van der Waals surface area contributed by atoms with E-state index in [4.69, 9.17) is 22.1 Å². The molecule has 0 bridgehead atoms. The Bertz CT molecular complexity index is 296. The Morgan fingerprint density at radius 1 is 1.64 bits per heavy atom. The summed E-state index contributed by atoms with van der Waals surface area (Å²) in [5, 5.41) is 20.2. The maximum Gasteiger partial charge on any atom is 0.100 e. The number of oxime groups is 1. The van der Waals surface area contributed by atoms with Crippen molar-refractivity contribution in [1.29, 1.82) is 5.26 Å². The van der Waals surface area contributed by atoms with Gasteiger partial charge in [-0.2, -0.15) is 5.26 Å². The molecule has 3 nitrogen and oxygen atoms in total. The molecule has 4 heteroatoms. The zero-order chi connectivity index (χ0) is 8.27. The zero-order valence-electron chi connectivity index (χ0n) is 5.58. The Balaban J connectivity index is 2.93. The molecule has 0 aromatic rings. The summed E-state index contributed by atoms with van der Waals surface area (Å²) in [4.78, 5) is 0. The first kappa shape index (κ1) is 7.83. The van der Waals surface area contributed by atoms with Crippen LogP contribution in [0.15, 0.2) is 27.9 Å². The second-order valence-corrected chi connectivity index (χ2v) is 2.49. The van der Waals surface area contributed by atoms with Crippen molar-refractivity contribution >= 4 is 17.3 Å². The van der Waals surface area contributed by atoms with Gasteiger partial charge in [-0.05, 0) is 12.2 Å². The van der Waals surface area contributed by atoms with Gasteiger partial charge in [-0.1, -0.05) is 16.8 Å². The lowest BCUT2D eigenvalue weighted by Crippen LogP contribution is -2.00. The second kappa shape index (κ2) is 3.22. The van der Waals surface area contributed by atoms with E-state index in [0.29, 0.717) is 22.7 Å². The van der Waals surface area contributed by atoms with Gasteiger partial charge in [-0.25, -0.2) is 0 Å². The van der Waals surface area contributed by atoms with Gasteiger partial charge < -0.3 is 5.21 Å². The average molecular weight is 169 g/mol. The Labute approximate surface area is 68.9 Å². The number of nitriles is 1. The molecule has 1 aliphatic carbocycles. The molecule has 1 aliphatic rings. The molecule has 56 valence electrons. The van der Waals surface area contributed by atoms with E-state index < -0.39 is 0 Å². The van der Waals surface area contributed by atoms with E-state index in [1.807, 2.05) is 6.07 Å². The minimum atomic E-state index is 0.331. The smallest absolute Gasteiger partial charge is 0.100 e. The molecule has 0 fully saturated rings. The Morgan fingerprint density at radius 2 is 2.36 bits per heavy atom. The number of rotatable bonds is 0. The largest absolute Gasteiger partial charge is 0.411 e. The maximum absolute atomic E-state index is 8.47. The van der Waals surface area contributed by atoms with Gasteiger partial charge in [0.15, 0.2) is 0 Å². The number of allylic oxidation sites excluding steroid dienone is 4. The average Bonchev–Trinajstić information content (AvgIpc) is 2.04. The zero-order valence-corrected chi connectivity index (χ0v) is 6.34. The van der Waals surface area contributed by atoms with E-state index >= 15 is 0 Å². The van der Waals surface area contributed by atoms with E-state index in [2.05, 4.69) is 5.16 Å². The van der Waals surface area contributed by atoms with Crippen molar-refractivity contribution in [2.45, 2.75) is 6.42 Å². The lowest BCUT2D eigenvalue weighted by Gasteiger charge is -2.04. The van der Waals surface area contributed by atoms with Gasteiger partial charge >= 0.3 is 0 Å². The first-order valence-corrected chi connectivity index (χ1v) is 3.33. The molecule has 0 saturated carbocycles. The van der Waals surface area contributed by atoms with Crippen LogP contribution < -0.4 is 0 Å². The molecule has 1 rings (SSSR count). The molecule has 0 aliphatic heterocycles. The third-order valence-corrected chi connectivity index (χ3v) is 1.66. The molecule has 1 N–H and O–H groups in total. The Kier molecular flexibility index (Phi) is 2.29. The molecule has 0 amide bonds. The summed E-state index contributed by atoms with van der Waals surface area (Å²) >= 11 is 5.67. The molecule has 0 spiro atoms. The van der Waals surface area contributed by atoms with Crippen molar-refractivity contribution in [1.82, 2.24) is 0 Å². The van der Waals surface area contributed by atoms with Crippen LogP contribution in [0.2, 0.25) is 0 Å². The van der Waals surface area contributed by atoms with Gasteiger partial charge in [0.05, 0.1) is 11.3 Å². The van der Waals surface area contributed by atoms with Crippen LogP contribution in [0.3, 0.4) is 0 Å². The lowest BCUT2D eigenvalue weighted by atomic mass is 10.1.